The Morgan fingerprint density at radius 3 is 2.29 bits per heavy atom. The lowest BCUT2D eigenvalue weighted by atomic mass is 10.0. The number of piperidine rings is 1. The molecule has 5 aromatic rings. The molecule has 16 heteroatoms. The van der Waals surface area contributed by atoms with Crippen LogP contribution in [0.25, 0.3) is 28.1 Å². The summed E-state index contributed by atoms with van der Waals surface area (Å²) in [5, 5.41) is 39.3. The second-order valence-electron chi connectivity index (χ2n) is 14.5. The van der Waals surface area contributed by atoms with Gasteiger partial charge in [0, 0.05) is 54.7 Å². The van der Waals surface area contributed by atoms with Gasteiger partial charge in [-0.1, -0.05) is 60.7 Å². The van der Waals surface area contributed by atoms with Crippen LogP contribution in [0, 0.1) is 0 Å². The summed E-state index contributed by atoms with van der Waals surface area (Å²) < 4.78 is 38.3. The van der Waals surface area contributed by atoms with Crippen LogP contribution < -0.4 is 26.6 Å². The van der Waals surface area contributed by atoms with Crippen LogP contribution in [0.1, 0.15) is 35.6 Å². The van der Waals surface area contributed by atoms with Gasteiger partial charge in [-0.2, -0.15) is 13.2 Å². The Labute approximate surface area is 337 Å². The predicted octanol–water partition coefficient (Wildman–Crippen LogP) is 5.46. The van der Waals surface area contributed by atoms with Crippen molar-refractivity contribution in [1.29, 1.82) is 0 Å². The zero-order valence-electron chi connectivity index (χ0n) is 32.2. The van der Waals surface area contributed by atoms with Crippen LogP contribution in [-0.2, 0) is 20.9 Å². The molecule has 1 aliphatic rings. The highest BCUT2D eigenvalue weighted by atomic mass is 19.4. The Morgan fingerprint density at radius 2 is 1.63 bits per heavy atom. The molecule has 6 N–H and O–H groups in total. The maximum Gasteiger partial charge on any atom is 0.430 e. The molecule has 1 aromatic heterocycles. The highest BCUT2D eigenvalue weighted by molar-refractivity contribution is 6.02. The second-order valence-corrected chi connectivity index (χ2v) is 14.5. The van der Waals surface area contributed by atoms with E-state index >= 15 is 0 Å². The number of aromatic nitrogens is 1. The topological polar surface area (TPSA) is 193 Å². The van der Waals surface area contributed by atoms with Gasteiger partial charge in [0.15, 0.2) is 0 Å². The van der Waals surface area contributed by atoms with Crippen LogP contribution >= 0.6 is 0 Å². The monoisotopic (exact) mass is 815 g/mol. The molecule has 1 aliphatic heterocycles. The third-order valence-corrected chi connectivity index (χ3v) is 9.56. The molecule has 0 bridgehead atoms. The Kier molecular flexibility index (Phi) is 14.3. The number of phenolic OH excluding ortho intramolecular Hbond substituents is 1. The first-order chi connectivity index (χ1) is 28.0. The number of rotatable bonds is 11. The number of nitrogens with zero attached hydrogens (tertiary/aromatic N) is 1. The average molecular weight is 816 g/mol. The van der Waals surface area contributed by atoms with E-state index in [0.29, 0.717) is 28.9 Å². The SMILES string of the molecule is C[N+]1(C)CCC(OC(=O)Nc2cc(C=CC(=O)Nc3ccc(CNC[C@H](O)c4ccc(O)c5[nH]c(=O)ccc45)cc3)ccc2-c2ccccc2)CC1.O=C([O-])C(F)(F)F. The molecule has 0 radical (unpaired) electrons. The number of phenols is 1. The summed E-state index contributed by atoms with van der Waals surface area (Å²) in [6, 6.07) is 28.8. The number of benzene rings is 4. The number of amides is 2. The van der Waals surface area contributed by atoms with Gasteiger partial charge in [-0.3, -0.25) is 14.9 Å². The summed E-state index contributed by atoms with van der Waals surface area (Å²) in [6.07, 6.45) is -1.90. The molecule has 0 unspecified atom stereocenters. The standard InChI is InChI=1S/C41H43N5O6.C2HF3O2/c1-46(2)22-20-31(21-23-46)52-41(51)44-35-24-27(10-14-32(35)29-6-4-3-5-7-29)11-18-38(49)43-30-12-8-28(9-13-30)25-42-26-37(48)33-15-17-36(47)40-34(33)16-19-39(50)45-40;3-2(4,5)1(6)7/h3-19,24,31,37,42,48H,20-23,25-26H2,1-2H3,(H3-,43,44,45,47,49,50,51);(H,6,7)/t37-;/m0./s1. The van der Waals surface area contributed by atoms with Crippen molar-refractivity contribution in [2.75, 3.05) is 44.4 Å². The van der Waals surface area contributed by atoms with E-state index in [0.717, 1.165) is 52.7 Å². The summed E-state index contributed by atoms with van der Waals surface area (Å²) in [5.41, 5.74) is 5.23. The van der Waals surface area contributed by atoms with Crippen molar-refractivity contribution < 1.29 is 52.1 Å². The van der Waals surface area contributed by atoms with Gasteiger partial charge in [0.1, 0.15) is 17.8 Å². The number of carbonyl (C=O) groups is 3. The van der Waals surface area contributed by atoms with Crippen LogP contribution in [0.3, 0.4) is 0 Å². The van der Waals surface area contributed by atoms with Gasteiger partial charge in [-0.15, -0.1) is 0 Å². The largest absolute Gasteiger partial charge is 0.542 e. The summed E-state index contributed by atoms with van der Waals surface area (Å²) in [7, 11) is 4.37. The first kappa shape index (κ1) is 43.6. The number of hydrogen-bond acceptors (Lipinski definition) is 9. The van der Waals surface area contributed by atoms with E-state index in [2.05, 4.69) is 35.0 Å². The number of fused-ring (bicyclic) bond motifs is 1. The fourth-order valence-electron chi connectivity index (χ4n) is 6.36. The fraction of sp³-hybridized carbons (Fsp3) is 0.256. The number of carbonyl (C=O) groups excluding carboxylic acids is 3. The molecular formula is C43H44F3N5O8. The number of aliphatic hydroxyl groups excluding tert-OH is 1. The van der Waals surface area contributed by atoms with E-state index in [1.807, 2.05) is 60.7 Å². The number of halogens is 3. The number of hydrogen-bond donors (Lipinski definition) is 6. The molecule has 13 nitrogen and oxygen atoms in total. The first-order valence-corrected chi connectivity index (χ1v) is 18.6. The van der Waals surface area contributed by atoms with Crippen molar-refractivity contribution in [3.8, 4) is 16.9 Å². The number of quaternary nitrogens is 1. The normalized spacial score (nSPS) is 14.5. The molecular weight excluding hydrogens is 771 g/mol. The Morgan fingerprint density at radius 1 is 0.949 bits per heavy atom. The summed E-state index contributed by atoms with van der Waals surface area (Å²) in [5.74, 6) is -3.38. The van der Waals surface area contributed by atoms with E-state index < -0.39 is 24.3 Å². The molecule has 1 saturated heterocycles. The zero-order chi connectivity index (χ0) is 42.7. The molecule has 6 rings (SSSR count). The minimum atomic E-state index is -5.19. The average Bonchev–Trinajstić information content (AvgIpc) is 3.19. The minimum absolute atomic E-state index is 0.0595. The molecule has 0 aliphatic carbocycles. The quantitative estimate of drug-likeness (QED) is 0.0742. The number of H-pyrrole nitrogens is 1. The van der Waals surface area contributed by atoms with Gasteiger partial charge >= 0.3 is 12.3 Å². The maximum atomic E-state index is 13.0. The lowest BCUT2D eigenvalue weighted by Gasteiger charge is -2.36. The number of anilines is 2. The number of aromatic hydroxyl groups is 1. The van der Waals surface area contributed by atoms with Gasteiger partial charge in [0.2, 0.25) is 11.5 Å². The number of carboxylic acid groups (broad SMARTS) is 1. The van der Waals surface area contributed by atoms with Crippen LogP contribution in [-0.4, -0.2) is 83.7 Å². The molecule has 2 heterocycles. The number of aliphatic carboxylic acids is 1. The molecule has 0 spiro atoms. The van der Waals surface area contributed by atoms with E-state index in [4.69, 9.17) is 14.6 Å². The predicted molar refractivity (Wildman–Crippen MR) is 215 cm³/mol. The summed E-state index contributed by atoms with van der Waals surface area (Å²) in [4.78, 5) is 48.9. The van der Waals surface area contributed by atoms with Gasteiger partial charge in [-0.05, 0) is 58.7 Å². The minimum Gasteiger partial charge on any atom is -0.542 e. The second kappa shape index (κ2) is 19.3. The van der Waals surface area contributed by atoms with Crippen LogP contribution in [0.5, 0.6) is 5.75 Å². The van der Waals surface area contributed by atoms with Crippen molar-refractivity contribution in [3.63, 3.8) is 0 Å². The van der Waals surface area contributed by atoms with Crippen molar-refractivity contribution in [3.05, 3.63) is 130 Å². The number of nitrogens with one attached hydrogen (secondary N) is 4. The molecule has 310 valence electrons. The van der Waals surface area contributed by atoms with Crippen molar-refractivity contribution >= 4 is 46.3 Å². The van der Waals surface area contributed by atoms with Gasteiger partial charge in [-0.25, -0.2) is 4.79 Å². The Hall–Kier alpha value is -6.49. The number of aromatic amines is 1. The Balaban J connectivity index is 0.000000867. The molecule has 1 atom stereocenters. The summed E-state index contributed by atoms with van der Waals surface area (Å²) >= 11 is 0. The molecule has 0 saturated carbocycles. The maximum absolute atomic E-state index is 13.0. The number of aliphatic hydroxyl groups is 1. The number of alkyl halides is 3. The highest BCUT2D eigenvalue weighted by Gasteiger charge is 2.29. The van der Waals surface area contributed by atoms with Crippen LogP contribution in [0.15, 0.2) is 108 Å². The molecule has 1 fully saturated rings. The van der Waals surface area contributed by atoms with E-state index in [-0.39, 0.29) is 35.4 Å². The van der Waals surface area contributed by atoms with Crippen molar-refractivity contribution in [2.24, 2.45) is 0 Å². The number of likely N-dealkylation sites (tertiary alicyclic amines) is 1. The van der Waals surface area contributed by atoms with E-state index in [1.165, 1.54) is 18.2 Å². The summed E-state index contributed by atoms with van der Waals surface area (Å²) in [6.45, 7) is 2.62. The highest BCUT2D eigenvalue weighted by Crippen LogP contribution is 2.31. The first-order valence-electron chi connectivity index (χ1n) is 18.6. The van der Waals surface area contributed by atoms with Gasteiger partial charge < -0.3 is 45.0 Å². The lowest BCUT2D eigenvalue weighted by Crippen LogP contribution is -2.48. The lowest BCUT2D eigenvalue weighted by molar-refractivity contribution is -0.896. The van der Waals surface area contributed by atoms with Crippen LogP contribution in [0.2, 0.25) is 0 Å². The number of pyridine rings is 1. The third kappa shape index (κ3) is 12.8. The third-order valence-electron chi connectivity index (χ3n) is 9.56. The van der Waals surface area contributed by atoms with E-state index in [1.54, 1.807) is 30.3 Å². The molecule has 4 aromatic carbocycles. The van der Waals surface area contributed by atoms with Gasteiger partial charge in [0.05, 0.1) is 44.5 Å². The van der Waals surface area contributed by atoms with Crippen molar-refractivity contribution in [1.82, 2.24) is 10.3 Å². The smallest absolute Gasteiger partial charge is 0.430 e. The van der Waals surface area contributed by atoms with E-state index in [9.17, 15) is 37.8 Å². The van der Waals surface area contributed by atoms with Crippen molar-refractivity contribution in [2.45, 2.75) is 37.8 Å². The number of ether oxygens (including phenoxy) is 1. The fourth-order valence-corrected chi connectivity index (χ4v) is 6.36. The Bertz CT molecular complexity index is 2340. The number of carboxylic acids is 1. The molecule has 59 heavy (non-hydrogen) atoms. The van der Waals surface area contributed by atoms with Gasteiger partial charge in [0.25, 0.3) is 0 Å². The molecule has 2 amide bonds. The zero-order valence-corrected chi connectivity index (χ0v) is 32.2. The van der Waals surface area contributed by atoms with Crippen LogP contribution in [0.4, 0.5) is 29.3 Å².